The van der Waals surface area contributed by atoms with Gasteiger partial charge in [-0.1, -0.05) is 13.8 Å². The molecule has 0 saturated carbocycles. The van der Waals surface area contributed by atoms with Crippen LogP contribution in [0.25, 0.3) is 0 Å². The topological polar surface area (TPSA) is 38.9 Å². The molecule has 0 saturated heterocycles. The Labute approximate surface area is 78.0 Å². The summed E-state index contributed by atoms with van der Waals surface area (Å²) in [6.45, 7) is 5.92. The first-order valence-corrected chi connectivity index (χ1v) is 4.40. The predicted octanol–water partition coefficient (Wildman–Crippen LogP) is 2.18. The van der Waals surface area contributed by atoms with Crippen molar-refractivity contribution in [1.29, 1.82) is 0 Å². The van der Waals surface area contributed by atoms with Gasteiger partial charge in [0.2, 0.25) is 5.95 Å². The zero-order valence-corrected chi connectivity index (χ0v) is 8.21. The maximum atomic E-state index is 12.7. The van der Waals surface area contributed by atoms with E-state index in [0.29, 0.717) is 5.92 Å². The molecule has 1 unspecified atom stereocenters. The van der Waals surface area contributed by atoms with Gasteiger partial charge in [-0.25, -0.2) is 4.98 Å². The lowest BCUT2D eigenvalue weighted by atomic mass is 9.95. The molecule has 0 bridgehead atoms. The van der Waals surface area contributed by atoms with Gasteiger partial charge >= 0.3 is 0 Å². The van der Waals surface area contributed by atoms with Gasteiger partial charge in [-0.2, -0.15) is 4.39 Å². The smallest absolute Gasteiger partial charge is 0.213 e. The Balaban J connectivity index is 3.01. The van der Waals surface area contributed by atoms with Crippen LogP contribution in [0.4, 0.5) is 4.39 Å². The maximum absolute atomic E-state index is 12.7. The van der Waals surface area contributed by atoms with Crippen LogP contribution in [0.5, 0.6) is 0 Å². The first-order valence-electron chi connectivity index (χ1n) is 4.40. The van der Waals surface area contributed by atoms with Crippen molar-refractivity contribution < 1.29 is 4.39 Å². The van der Waals surface area contributed by atoms with E-state index >= 15 is 0 Å². The molecule has 0 aliphatic rings. The molecular weight excluding hydrogens is 167 g/mol. The average Bonchev–Trinajstić information content (AvgIpc) is 2.03. The number of hydrogen-bond donors (Lipinski definition) is 1. The van der Waals surface area contributed by atoms with Gasteiger partial charge in [-0.15, -0.1) is 0 Å². The van der Waals surface area contributed by atoms with Gasteiger partial charge in [0, 0.05) is 12.2 Å². The Bertz CT molecular complexity index is 297. The Morgan fingerprint density at radius 2 is 2.08 bits per heavy atom. The van der Waals surface area contributed by atoms with Gasteiger partial charge in [0.25, 0.3) is 0 Å². The maximum Gasteiger partial charge on any atom is 0.213 e. The quantitative estimate of drug-likeness (QED) is 0.712. The van der Waals surface area contributed by atoms with Gasteiger partial charge in [-0.3, -0.25) is 0 Å². The van der Waals surface area contributed by atoms with E-state index in [-0.39, 0.29) is 6.04 Å². The third kappa shape index (κ3) is 2.25. The molecule has 13 heavy (non-hydrogen) atoms. The lowest BCUT2D eigenvalue weighted by Gasteiger charge is -2.17. The number of halogens is 1. The summed E-state index contributed by atoms with van der Waals surface area (Å²) < 4.78 is 12.7. The van der Waals surface area contributed by atoms with E-state index in [0.717, 1.165) is 11.1 Å². The molecule has 0 fully saturated rings. The van der Waals surface area contributed by atoms with Crippen LogP contribution in [0, 0.1) is 18.8 Å². The fraction of sp³-hybridized carbons (Fsp3) is 0.500. The number of nitrogens with zero attached hydrogens (tertiary/aromatic N) is 1. The van der Waals surface area contributed by atoms with Gasteiger partial charge in [0.15, 0.2) is 0 Å². The van der Waals surface area contributed by atoms with E-state index in [2.05, 4.69) is 4.98 Å². The van der Waals surface area contributed by atoms with Crippen molar-refractivity contribution in [2.24, 2.45) is 11.7 Å². The third-order valence-corrected chi connectivity index (χ3v) is 2.20. The molecular formula is C10H15FN2. The number of aryl methyl sites for hydroxylation is 1. The van der Waals surface area contributed by atoms with E-state index < -0.39 is 5.95 Å². The van der Waals surface area contributed by atoms with Crippen LogP contribution in [0.1, 0.15) is 31.0 Å². The Kier molecular flexibility index (Phi) is 2.98. The molecule has 1 atom stereocenters. The van der Waals surface area contributed by atoms with Crippen molar-refractivity contribution in [3.8, 4) is 0 Å². The summed E-state index contributed by atoms with van der Waals surface area (Å²) in [6, 6.07) is 1.35. The molecule has 0 radical (unpaired) electrons. The fourth-order valence-corrected chi connectivity index (χ4v) is 1.24. The highest BCUT2D eigenvalue weighted by Crippen LogP contribution is 2.21. The van der Waals surface area contributed by atoms with Crippen molar-refractivity contribution in [2.75, 3.05) is 0 Å². The molecule has 1 aromatic rings. The highest BCUT2D eigenvalue weighted by molar-refractivity contribution is 5.25. The molecule has 2 N–H and O–H groups in total. The molecule has 1 aromatic heterocycles. The van der Waals surface area contributed by atoms with E-state index in [1.807, 2.05) is 20.8 Å². The second-order valence-electron chi connectivity index (χ2n) is 3.63. The van der Waals surface area contributed by atoms with E-state index in [9.17, 15) is 4.39 Å². The lowest BCUT2D eigenvalue weighted by molar-refractivity contribution is 0.505. The Hall–Kier alpha value is -0.960. The number of nitrogens with two attached hydrogens (primary N) is 1. The number of pyridine rings is 1. The minimum Gasteiger partial charge on any atom is -0.324 e. The molecule has 3 heteroatoms. The van der Waals surface area contributed by atoms with Crippen molar-refractivity contribution >= 4 is 0 Å². The molecule has 0 aromatic carbocycles. The fourth-order valence-electron chi connectivity index (χ4n) is 1.24. The highest BCUT2D eigenvalue weighted by Gasteiger charge is 2.13. The van der Waals surface area contributed by atoms with E-state index in [1.165, 1.54) is 12.3 Å². The standard InChI is InChI=1S/C10H15FN2/c1-6(2)10(12)8-5-13-9(11)4-7(8)3/h4-6,10H,12H2,1-3H3. The van der Waals surface area contributed by atoms with Crippen LogP contribution < -0.4 is 5.73 Å². The molecule has 72 valence electrons. The van der Waals surface area contributed by atoms with Crippen LogP contribution in [0.3, 0.4) is 0 Å². The first-order chi connectivity index (χ1) is 6.02. The summed E-state index contributed by atoms with van der Waals surface area (Å²) in [5.74, 6) is -0.108. The van der Waals surface area contributed by atoms with Gasteiger partial charge in [0.05, 0.1) is 0 Å². The average molecular weight is 182 g/mol. The molecule has 2 nitrogen and oxygen atoms in total. The second kappa shape index (κ2) is 3.83. The van der Waals surface area contributed by atoms with Crippen LogP contribution >= 0.6 is 0 Å². The SMILES string of the molecule is Cc1cc(F)ncc1C(N)C(C)C. The zero-order chi connectivity index (χ0) is 10.0. The lowest BCUT2D eigenvalue weighted by Crippen LogP contribution is -2.18. The molecule has 1 rings (SSSR count). The summed E-state index contributed by atoms with van der Waals surface area (Å²) in [6.07, 6.45) is 1.52. The summed E-state index contributed by atoms with van der Waals surface area (Å²) in [7, 11) is 0. The molecule has 0 aliphatic heterocycles. The number of hydrogen-bond acceptors (Lipinski definition) is 2. The van der Waals surface area contributed by atoms with E-state index in [1.54, 1.807) is 0 Å². The summed E-state index contributed by atoms with van der Waals surface area (Å²) in [5.41, 5.74) is 7.72. The summed E-state index contributed by atoms with van der Waals surface area (Å²) in [4.78, 5) is 3.60. The van der Waals surface area contributed by atoms with Crippen LogP contribution in [-0.2, 0) is 0 Å². The Morgan fingerprint density at radius 3 is 2.54 bits per heavy atom. The third-order valence-electron chi connectivity index (χ3n) is 2.20. The minimum absolute atomic E-state index is 0.0619. The largest absolute Gasteiger partial charge is 0.324 e. The van der Waals surface area contributed by atoms with Gasteiger partial charge in [0.1, 0.15) is 0 Å². The summed E-state index contributed by atoms with van der Waals surface area (Å²) >= 11 is 0. The van der Waals surface area contributed by atoms with Crippen LogP contribution in [-0.4, -0.2) is 4.98 Å². The second-order valence-corrected chi connectivity index (χ2v) is 3.63. The van der Waals surface area contributed by atoms with E-state index in [4.69, 9.17) is 5.73 Å². The zero-order valence-electron chi connectivity index (χ0n) is 8.21. The van der Waals surface area contributed by atoms with Crippen molar-refractivity contribution in [2.45, 2.75) is 26.8 Å². The number of rotatable bonds is 2. The van der Waals surface area contributed by atoms with Crippen molar-refractivity contribution in [1.82, 2.24) is 4.98 Å². The normalized spacial score (nSPS) is 13.4. The van der Waals surface area contributed by atoms with Gasteiger partial charge < -0.3 is 5.73 Å². The van der Waals surface area contributed by atoms with Crippen LogP contribution in [0.2, 0.25) is 0 Å². The van der Waals surface area contributed by atoms with Gasteiger partial charge in [-0.05, 0) is 30.0 Å². The monoisotopic (exact) mass is 182 g/mol. The highest BCUT2D eigenvalue weighted by atomic mass is 19.1. The predicted molar refractivity (Wildman–Crippen MR) is 50.7 cm³/mol. The number of aromatic nitrogens is 1. The summed E-state index contributed by atoms with van der Waals surface area (Å²) in [5, 5.41) is 0. The molecule has 0 aliphatic carbocycles. The minimum atomic E-state index is -0.447. The van der Waals surface area contributed by atoms with Crippen molar-refractivity contribution in [3.05, 3.63) is 29.3 Å². The Morgan fingerprint density at radius 1 is 1.46 bits per heavy atom. The van der Waals surface area contributed by atoms with Crippen LogP contribution in [0.15, 0.2) is 12.3 Å². The first kappa shape index (κ1) is 10.1. The molecule has 0 spiro atoms. The molecule has 1 heterocycles. The molecule has 0 amide bonds. The van der Waals surface area contributed by atoms with Crippen molar-refractivity contribution in [3.63, 3.8) is 0 Å².